The molecule has 1 spiro atoms. The number of carbonyl (C=O) groups is 3. The summed E-state index contributed by atoms with van der Waals surface area (Å²) < 4.78 is 0. The lowest BCUT2D eigenvalue weighted by Crippen LogP contribution is -2.54. The van der Waals surface area contributed by atoms with Crippen LogP contribution in [0.5, 0.6) is 0 Å². The van der Waals surface area contributed by atoms with Gasteiger partial charge in [-0.3, -0.25) is 14.5 Å². The molecule has 8 heteroatoms. The summed E-state index contributed by atoms with van der Waals surface area (Å²) in [6.07, 6.45) is 5.72. The SMILES string of the molecule is CNCC1CCCN(C(=O)CN2C(=O)NC3(CCCCC3C)C2=O)C1.Cl. The molecule has 1 saturated carbocycles. The standard InChI is InChI=1S/C18H30N4O3.ClH/c1-13-6-3-4-8-18(13)16(24)22(17(25)20-18)12-15(23)21-9-5-7-14(11-21)10-19-2;/h13-14,19H,3-12H2,1-2H3,(H,20,25);1H. The Kier molecular flexibility index (Phi) is 6.91. The Bertz CT molecular complexity index is 557. The lowest BCUT2D eigenvalue weighted by Gasteiger charge is -2.37. The second-order valence-electron chi connectivity index (χ2n) is 7.85. The van der Waals surface area contributed by atoms with Gasteiger partial charge in [0.2, 0.25) is 5.91 Å². The number of urea groups is 1. The van der Waals surface area contributed by atoms with Gasteiger partial charge in [0.25, 0.3) is 5.91 Å². The number of carbonyl (C=O) groups excluding carboxylic acids is 3. The molecule has 3 unspecified atom stereocenters. The Morgan fingerprint density at radius 3 is 2.73 bits per heavy atom. The van der Waals surface area contributed by atoms with Crippen LogP contribution in [0.1, 0.15) is 45.4 Å². The number of rotatable bonds is 4. The molecule has 3 rings (SSSR count). The number of halogens is 1. The summed E-state index contributed by atoms with van der Waals surface area (Å²) >= 11 is 0. The van der Waals surface area contributed by atoms with Gasteiger partial charge in [0.1, 0.15) is 12.1 Å². The van der Waals surface area contributed by atoms with Gasteiger partial charge >= 0.3 is 6.03 Å². The maximum Gasteiger partial charge on any atom is 0.325 e. The molecule has 2 aliphatic heterocycles. The Morgan fingerprint density at radius 2 is 2.04 bits per heavy atom. The number of nitrogens with zero attached hydrogens (tertiary/aromatic N) is 2. The summed E-state index contributed by atoms with van der Waals surface area (Å²) in [5, 5.41) is 6.07. The predicted octanol–water partition coefficient (Wildman–Crippen LogP) is 1.37. The van der Waals surface area contributed by atoms with Crippen LogP contribution < -0.4 is 10.6 Å². The van der Waals surface area contributed by atoms with Crippen molar-refractivity contribution in [1.82, 2.24) is 20.4 Å². The minimum absolute atomic E-state index is 0. The van der Waals surface area contributed by atoms with E-state index in [9.17, 15) is 14.4 Å². The Morgan fingerprint density at radius 1 is 1.27 bits per heavy atom. The van der Waals surface area contributed by atoms with Gasteiger partial charge < -0.3 is 15.5 Å². The monoisotopic (exact) mass is 386 g/mol. The van der Waals surface area contributed by atoms with Crippen molar-refractivity contribution in [3.05, 3.63) is 0 Å². The number of amides is 4. The van der Waals surface area contributed by atoms with E-state index in [0.29, 0.717) is 25.4 Å². The van der Waals surface area contributed by atoms with Gasteiger partial charge in [-0.15, -0.1) is 12.4 Å². The molecule has 0 aromatic carbocycles. The van der Waals surface area contributed by atoms with Crippen LogP contribution in [-0.2, 0) is 9.59 Å². The van der Waals surface area contributed by atoms with Crippen molar-refractivity contribution >= 4 is 30.3 Å². The zero-order chi connectivity index (χ0) is 18.0. The van der Waals surface area contributed by atoms with Gasteiger partial charge in [0.05, 0.1) is 0 Å². The molecule has 148 valence electrons. The topological polar surface area (TPSA) is 81.8 Å². The van der Waals surface area contributed by atoms with E-state index in [-0.39, 0.29) is 36.7 Å². The third-order valence-corrected chi connectivity index (χ3v) is 6.16. The molecule has 3 atom stereocenters. The van der Waals surface area contributed by atoms with Gasteiger partial charge in [-0.1, -0.05) is 19.8 Å². The molecule has 4 amide bonds. The maximum absolute atomic E-state index is 13.0. The number of piperidine rings is 1. The van der Waals surface area contributed by atoms with Gasteiger partial charge in [-0.2, -0.15) is 0 Å². The smallest absolute Gasteiger partial charge is 0.325 e. The molecule has 0 aromatic rings. The molecule has 0 bridgehead atoms. The summed E-state index contributed by atoms with van der Waals surface area (Å²) in [6, 6.07) is -0.407. The third kappa shape index (κ3) is 3.83. The van der Waals surface area contributed by atoms with Crippen molar-refractivity contribution in [2.75, 3.05) is 33.2 Å². The van der Waals surface area contributed by atoms with Crippen LogP contribution in [-0.4, -0.2) is 66.4 Å². The van der Waals surface area contributed by atoms with Crippen molar-refractivity contribution in [2.24, 2.45) is 11.8 Å². The average Bonchev–Trinajstić information content (AvgIpc) is 2.83. The van der Waals surface area contributed by atoms with Gasteiger partial charge in [-0.05, 0) is 51.1 Å². The van der Waals surface area contributed by atoms with Crippen LogP contribution in [0.4, 0.5) is 4.79 Å². The quantitative estimate of drug-likeness (QED) is 0.715. The van der Waals surface area contributed by atoms with E-state index >= 15 is 0 Å². The largest absolute Gasteiger partial charge is 0.341 e. The van der Waals surface area contributed by atoms with Crippen LogP contribution >= 0.6 is 12.4 Å². The number of imide groups is 1. The number of nitrogens with one attached hydrogen (secondary N) is 2. The minimum Gasteiger partial charge on any atom is -0.341 e. The van der Waals surface area contributed by atoms with Crippen molar-refractivity contribution < 1.29 is 14.4 Å². The van der Waals surface area contributed by atoms with Crippen molar-refractivity contribution in [3.8, 4) is 0 Å². The molecular formula is C18H31ClN4O3. The Labute approximate surface area is 161 Å². The fraction of sp³-hybridized carbons (Fsp3) is 0.833. The predicted molar refractivity (Wildman–Crippen MR) is 101 cm³/mol. The van der Waals surface area contributed by atoms with E-state index in [1.165, 1.54) is 0 Å². The van der Waals surface area contributed by atoms with E-state index in [2.05, 4.69) is 10.6 Å². The lowest BCUT2D eigenvalue weighted by molar-refractivity contribution is -0.141. The minimum atomic E-state index is -0.786. The van der Waals surface area contributed by atoms with E-state index in [1.54, 1.807) is 4.90 Å². The highest BCUT2D eigenvalue weighted by Crippen LogP contribution is 2.38. The average molecular weight is 387 g/mol. The molecule has 7 nitrogen and oxygen atoms in total. The summed E-state index contributed by atoms with van der Waals surface area (Å²) in [4.78, 5) is 41.0. The maximum atomic E-state index is 13.0. The van der Waals surface area contributed by atoms with Crippen molar-refractivity contribution in [2.45, 2.75) is 51.0 Å². The van der Waals surface area contributed by atoms with Crippen LogP contribution in [0.2, 0.25) is 0 Å². The lowest BCUT2D eigenvalue weighted by atomic mass is 9.73. The van der Waals surface area contributed by atoms with E-state index < -0.39 is 11.6 Å². The second-order valence-corrected chi connectivity index (χ2v) is 7.85. The van der Waals surface area contributed by atoms with E-state index in [0.717, 1.165) is 43.5 Å². The zero-order valence-corrected chi connectivity index (χ0v) is 16.6. The van der Waals surface area contributed by atoms with Crippen LogP contribution in [0.15, 0.2) is 0 Å². The zero-order valence-electron chi connectivity index (χ0n) is 15.8. The van der Waals surface area contributed by atoms with E-state index in [1.807, 2.05) is 14.0 Å². The second kappa shape index (κ2) is 8.57. The fourth-order valence-corrected chi connectivity index (χ4v) is 4.62. The Balaban J connectivity index is 0.00000243. The first-order chi connectivity index (χ1) is 12.0. The third-order valence-electron chi connectivity index (χ3n) is 6.16. The normalized spacial score (nSPS) is 31.8. The summed E-state index contributed by atoms with van der Waals surface area (Å²) in [5.74, 6) is 0.231. The fourth-order valence-electron chi connectivity index (χ4n) is 4.62. The molecule has 3 aliphatic rings. The summed E-state index contributed by atoms with van der Waals surface area (Å²) in [7, 11) is 1.92. The molecule has 0 radical (unpaired) electrons. The number of hydrogen-bond donors (Lipinski definition) is 2. The van der Waals surface area contributed by atoms with Crippen LogP contribution in [0.25, 0.3) is 0 Å². The summed E-state index contributed by atoms with van der Waals surface area (Å²) in [6.45, 7) is 4.18. The van der Waals surface area contributed by atoms with Gasteiger partial charge in [0.15, 0.2) is 0 Å². The first kappa shape index (κ1) is 21.0. The van der Waals surface area contributed by atoms with Crippen molar-refractivity contribution in [3.63, 3.8) is 0 Å². The molecule has 0 aromatic heterocycles. The van der Waals surface area contributed by atoms with E-state index in [4.69, 9.17) is 0 Å². The highest BCUT2D eigenvalue weighted by atomic mass is 35.5. The van der Waals surface area contributed by atoms with Gasteiger partial charge in [-0.25, -0.2) is 4.79 Å². The molecule has 2 heterocycles. The molecule has 3 fully saturated rings. The first-order valence-corrected chi connectivity index (χ1v) is 9.54. The molecular weight excluding hydrogens is 356 g/mol. The Hall–Kier alpha value is -1.34. The number of hydrogen-bond acceptors (Lipinski definition) is 4. The summed E-state index contributed by atoms with van der Waals surface area (Å²) in [5.41, 5.74) is -0.786. The number of likely N-dealkylation sites (tertiary alicyclic amines) is 1. The molecule has 2 N–H and O–H groups in total. The van der Waals surface area contributed by atoms with Crippen LogP contribution in [0.3, 0.4) is 0 Å². The molecule has 1 aliphatic carbocycles. The highest BCUT2D eigenvalue weighted by molar-refractivity contribution is 6.09. The first-order valence-electron chi connectivity index (χ1n) is 9.54. The molecule has 2 saturated heterocycles. The van der Waals surface area contributed by atoms with Crippen LogP contribution in [0, 0.1) is 11.8 Å². The van der Waals surface area contributed by atoms with Crippen molar-refractivity contribution in [1.29, 1.82) is 0 Å². The molecule has 26 heavy (non-hydrogen) atoms. The van der Waals surface area contributed by atoms with Gasteiger partial charge in [0, 0.05) is 13.1 Å². The highest BCUT2D eigenvalue weighted by Gasteiger charge is 2.55.